The summed E-state index contributed by atoms with van der Waals surface area (Å²) < 4.78 is 3.90. The van der Waals surface area contributed by atoms with Gasteiger partial charge in [-0.3, -0.25) is 4.90 Å². The minimum atomic E-state index is 0.791. The highest BCUT2D eigenvalue weighted by Gasteiger charge is 2.18. The highest BCUT2D eigenvalue weighted by molar-refractivity contribution is 7.10. The number of aromatic nitrogens is 2. The van der Waals surface area contributed by atoms with Crippen LogP contribution in [-0.2, 0) is 6.54 Å². The van der Waals surface area contributed by atoms with E-state index in [-0.39, 0.29) is 0 Å². The summed E-state index contributed by atoms with van der Waals surface area (Å²) in [5.41, 5.74) is 3.61. The third-order valence-corrected chi connectivity index (χ3v) is 3.50. The van der Waals surface area contributed by atoms with Gasteiger partial charge < -0.3 is 5.43 Å². The van der Waals surface area contributed by atoms with Crippen LogP contribution in [0.1, 0.15) is 25.5 Å². The van der Waals surface area contributed by atoms with Gasteiger partial charge in [-0.2, -0.15) is 0 Å². The standard InChI is InChI=1S/C9H17N5S/c1-7-3-2-4-14(5-7)6-8-9(11-10)15-13-12-8/h7,11H,2-6,10H2,1H3. The van der Waals surface area contributed by atoms with Crippen LogP contribution in [-0.4, -0.2) is 27.6 Å². The number of rotatable bonds is 3. The predicted octanol–water partition coefficient (Wildman–Crippen LogP) is 1.06. The number of nitrogens with two attached hydrogens (primary N) is 1. The molecule has 1 aliphatic heterocycles. The van der Waals surface area contributed by atoms with Gasteiger partial charge in [0, 0.05) is 24.6 Å². The second-order valence-electron chi connectivity index (χ2n) is 4.18. The topological polar surface area (TPSA) is 67.1 Å². The minimum Gasteiger partial charge on any atom is -0.313 e. The van der Waals surface area contributed by atoms with Crippen LogP contribution in [0.25, 0.3) is 0 Å². The van der Waals surface area contributed by atoms with E-state index in [1.165, 1.54) is 24.4 Å². The van der Waals surface area contributed by atoms with Gasteiger partial charge in [0.2, 0.25) is 0 Å². The van der Waals surface area contributed by atoms with Crippen LogP contribution in [0, 0.1) is 5.92 Å². The molecule has 0 saturated carbocycles. The van der Waals surface area contributed by atoms with E-state index in [0.29, 0.717) is 0 Å². The molecule has 1 unspecified atom stereocenters. The lowest BCUT2D eigenvalue weighted by molar-refractivity contribution is 0.175. The Balaban J connectivity index is 1.96. The Kier molecular flexibility index (Phi) is 3.50. The number of nitrogens with one attached hydrogen (secondary N) is 1. The van der Waals surface area contributed by atoms with Crippen molar-refractivity contribution < 1.29 is 0 Å². The van der Waals surface area contributed by atoms with Crippen molar-refractivity contribution in [1.29, 1.82) is 0 Å². The average molecular weight is 227 g/mol. The molecule has 0 bridgehead atoms. The molecule has 0 spiro atoms. The van der Waals surface area contributed by atoms with Crippen molar-refractivity contribution >= 4 is 16.5 Å². The molecule has 15 heavy (non-hydrogen) atoms. The zero-order valence-corrected chi connectivity index (χ0v) is 9.76. The van der Waals surface area contributed by atoms with E-state index in [9.17, 15) is 0 Å². The fraction of sp³-hybridized carbons (Fsp3) is 0.778. The van der Waals surface area contributed by atoms with Crippen LogP contribution in [0.5, 0.6) is 0 Å². The third kappa shape index (κ3) is 2.64. The molecule has 2 rings (SSSR count). The van der Waals surface area contributed by atoms with E-state index < -0.39 is 0 Å². The fourth-order valence-corrected chi connectivity index (χ4v) is 2.55. The van der Waals surface area contributed by atoms with Crippen LogP contribution in [0.15, 0.2) is 0 Å². The van der Waals surface area contributed by atoms with Gasteiger partial charge in [0.15, 0.2) is 0 Å². The molecule has 2 heterocycles. The normalized spacial score (nSPS) is 22.9. The van der Waals surface area contributed by atoms with Crippen molar-refractivity contribution in [2.45, 2.75) is 26.3 Å². The van der Waals surface area contributed by atoms with Gasteiger partial charge in [-0.15, -0.1) is 5.10 Å². The number of hydrogen-bond donors (Lipinski definition) is 2. The quantitative estimate of drug-likeness (QED) is 0.597. The second-order valence-corrected chi connectivity index (χ2v) is 4.93. The van der Waals surface area contributed by atoms with Crippen LogP contribution >= 0.6 is 11.5 Å². The van der Waals surface area contributed by atoms with E-state index in [2.05, 4.69) is 26.8 Å². The van der Waals surface area contributed by atoms with E-state index in [1.807, 2.05) is 0 Å². The van der Waals surface area contributed by atoms with Crippen molar-refractivity contribution in [3.63, 3.8) is 0 Å². The summed E-state index contributed by atoms with van der Waals surface area (Å²) in [6, 6.07) is 0. The van der Waals surface area contributed by atoms with Crippen molar-refractivity contribution in [2.75, 3.05) is 18.5 Å². The molecule has 0 aliphatic carbocycles. The first kappa shape index (κ1) is 10.8. The molecule has 1 aliphatic rings. The number of nitrogens with zero attached hydrogens (tertiary/aromatic N) is 3. The van der Waals surface area contributed by atoms with Crippen LogP contribution in [0.4, 0.5) is 5.00 Å². The molecule has 84 valence electrons. The Morgan fingerprint density at radius 3 is 3.27 bits per heavy atom. The molecule has 5 nitrogen and oxygen atoms in total. The van der Waals surface area contributed by atoms with Gasteiger partial charge in [0.05, 0.1) is 0 Å². The van der Waals surface area contributed by atoms with Gasteiger partial charge >= 0.3 is 0 Å². The molecule has 1 fully saturated rings. The van der Waals surface area contributed by atoms with Crippen molar-refractivity contribution in [2.24, 2.45) is 11.8 Å². The second kappa shape index (κ2) is 4.87. The maximum Gasteiger partial charge on any atom is 0.148 e. The highest BCUT2D eigenvalue weighted by atomic mass is 32.1. The third-order valence-electron chi connectivity index (χ3n) is 2.80. The number of nitrogen functional groups attached to an aromatic ring is 1. The first-order valence-corrected chi connectivity index (χ1v) is 6.07. The Bertz CT molecular complexity index is 313. The maximum atomic E-state index is 5.39. The summed E-state index contributed by atoms with van der Waals surface area (Å²) in [5, 5.41) is 4.97. The number of hydrazine groups is 1. The predicted molar refractivity (Wildman–Crippen MR) is 61.4 cm³/mol. The van der Waals surface area contributed by atoms with Crippen LogP contribution < -0.4 is 11.3 Å². The summed E-state index contributed by atoms with van der Waals surface area (Å²) >= 11 is 1.32. The highest BCUT2D eigenvalue weighted by Crippen LogP contribution is 2.21. The largest absolute Gasteiger partial charge is 0.313 e. The van der Waals surface area contributed by atoms with Gasteiger partial charge in [-0.1, -0.05) is 11.4 Å². The lowest BCUT2D eigenvalue weighted by Crippen LogP contribution is -2.34. The van der Waals surface area contributed by atoms with Crippen molar-refractivity contribution in [3.05, 3.63) is 5.69 Å². The maximum absolute atomic E-state index is 5.39. The molecule has 0 aromatic carbocycles. The Morgan fingerprint density at radius 2 is 2.53 bits per heavy atom. The lowest BCUT2D eigenvalue weighted by atomic mass is 10.0. The van der Waals surface area contributed by atoms with Gasteiger partial charge in [-0.25, -0.2) is 5.84 Å². The van der Waals surface area contributed by atoms with Crippen LogP contribution in [0.3, 0.4) is 0 Å². The summed E-state index contributed by atoms with van der Waals surface area (Å²) in [4.78, 5) is 2.42. The number of hydrogen-bond acceptors (Lipinski definition) is 6. The van der Waals surface area contributed by atoms with E-state index in [1.54, 1.807) is 0 Å². The number of piperidine rings is 1. The zero-order chi connectivity index (χ0) is 10.7. The van der Waals surface area contributed by atoms with E-state index in [0.717, 1.165) is 36.2 Å². The molecule has 1 aromatic heterocycles. The summed E-state index contributed by atoms with van der Waals surface area (Å²) in [7, 11) is 0. The number of anilines is 1. The van der Waals surface area contributed by atoms with Gasteiger partial charge in [0.25, 0.3) is 0 Å². The molecule has 3 N–H and O–H groups in total. The zero-order valence-electron chi connectivity index (χ0n) is 8.94. The monoisotopic (exact) mass is 227 g/mol. The number of likely N-dealkylation sites (tertiary alicyclic amines) is 1. The molecular weight excluding hydrogens is 210 g/mol. The Hall–Kier alpha value is -0.720. The lowest BCUT2D eigenvalue weighted by Gasteiger charge is -2.30. The Morgan fingerprint density at radius 1 is 1.67 bits per heavy atom. The summed E-state index contributed by atoms with van der Waals surface area (Å²) in [6.07, 6.45) is 2.62. The molecule has 1 atom stereocenters. The molecule has 6 heteroatoms. The van der Waals surface area contributed by atoms with Crippen molar-refractivity contribution in [3.8, 4) is 0 Å². The summed E-state index contributed by atoms with van der Waals surface area (Å²) in [5.74, 6) is 6.18. The van der Waals surface area contributed by atoms with E-state index in [4.69, 9.17) is 5.84 Å². The van der Waals surface area contributed by atoms with Crippen molar-refractivity contribution in [1.82, 2.24) is 14.5 Å². The molecule has 1 saturated heterocycles. The average Bonchev–Trinajstić information content (AvgIpc) is 2.65. The first-order valence-electron chi connectivity index (χ1n) is 5.30. The van der Waals surface area contributed by atoms with E-state index >= 15 is 0 Å². The first-order chi connectivity index (χ1) is 7.29. The van der Waals surface area contributed by atoms with Gasteiger partial charge in [-0.05, 0) is 25.3 Å². The molecule has 0 amide bonds. The summed E-state index contributed by atoms with van der Waals surface area (Å²) in [6.45, 7) is 5.47. The molecule has 1 aromatic rings. The SMILES string of the molecule is CC1CCCN(Cc2nnsc2NN)C1. The Labute approximate surface area is 93.8 Å². The fourth-order valence-electron chi connectivity index (χ4n) is 2.06. The smallest absolute Gasteiger partial charge is 0.148 e. The van der Waals surface area contributed by atoms with Gasteiger partial charge in [0.1, 0.15) is 10.7 Å². The minimum absolute atomic E-state index is 0.791. The van der Waals surface area contributed by atoms with Crippen LogP contribution in [0.2, 0.25) is 0 Å². The molecule has 0 radical (unpaired) electrons. The molecular formula is C9H17N5S.